The first kappa shape index (κ1) is 17.5. The highest BCUT2D eigenvalue weighted by Gasteiger charge is 2.21. The molecule has 134 valence electrons. The van der Waals surface area contributed by atoms with Crippen LogP contribution in [-0.4, -0.2) is 54.1 Å². The fourth-order valence-corrected chi connectivity index (χ4v) is 3.08. The predicted molar refractivity (Wildman–Crippen MR) is 93.4 cm³/mol. The average molecular weight is 344 g/mol. The molecule has 3 rings (SSSR count). The number of hydrogen-bond donors (Lipinski definition) is 1. The van der Waals surface area contributed by atoms with E-state index in [2.05, 4.69) is 4.90 Å². The molecule has 0 spiro atoms. The van der Waals surface area contributed by atoms with E-state index in [4.69, 9.17) is 14.3 Å². The molecule has 1 aromatic heterocycles. The summed E-state index contributed by atoms with van der Waals surface area (Å²) in [5.74, 6) is 2.16. The lowest BCUT2D eigenvalue weighted by Crippen LogP contribution is -2.35. The molecule has 1 saturated heterocycles. The number of nitrogens with zero attached hydrogens (tertiary/aromatic N) is 2. The Bertz CT molecular complexity index is 713. The van der Waals surface area contributed by atoms with E-state index >= 15 is 0 Å². The number of furan rings is 1. The summed E-state index contributed by atoms with van der Waals surface area (Å²) in [7, 11) is 1.60. The van der Waals surface area contributed by atoms with Crippen LogP contribution in [-0.2, 0) is 13.2 Å². The number of hydrogen-bond acceptors (Lipinski definition) is 5. The van der Waals surface area contributed by atoms with Gasteiger partial charge in [0, 0.05) is 31.7 Å². The van der Waals surface area contributed by atoms with Crippen LogP contribution in [0.2, 0.25) is 0 Å². The molecule has 1 aromatic carbocycles. The van der Waals surface area contributed by atoms with Crippen LogP contribution < -0.4 is 4.74 Å². The van der Waals surface area contributed by atoms with Gasteiger partial charge in [-0.25, -0.2) is 0 Å². The van der Waals surface area contributed by atoms with E-state index in [1.807, 2.05) is 29.2 Å². The number of amides is 1. The highest BCUT2D eigenvalue weighted by Crippen LogP contribution is 2.17. The molecule has 1 amide bonds. The first-order valence-corrected chi connectivity index (χ1v) is 8.53. The molecular weight excluding hydrogens is 320 g/mol. The molecule has 2 heterocycles. The van der Waals surface area contributed by atoms with Crippen molar-refractivity contribution in [2.24, 2.45) is 0 Å². The Balaban J connectivity index is 1.59. The van der Waals surface area contributed by atoms with Crippen molar-refractivity contribution in [1.82, 2.24) is 9.80 Å². The zero-order valence-electron chi connectivity index (χ0n) is 14.5. The zero-order chi connectivity index (χ0) is 17.6. The third-order valence-corrected chi connectivity index (χ3v) is 4.45. The molecule has 1 fully saturated rings. The van der Waals surface area contributed by atoms with Crippen molar-refractivity contribution >= 4 is 5.91 Å². The number of aliphatic hydroxyl groups is 1. The van der Waals surface area contributed by atoms with Crippen molar-refractivity contribution in [2.45, 2.75) is 19.6 Å². The summed E-state index contributed by atoms with van der Waals surface area (Å²) in [6.45, 7) is 3.75. The molecule has 0 unspecified atom stereocenters. The summed E-state index contributed by atoms with van der Waals surface area (Å²) in [6.07, 6.45) is 0.920. The van der Waals surface area contributed by atoms with Gasteiger partial charge in [0.25, 0.3) is 5.91 Å². The number of rotatable bonds is 5. The second-order valence-corrected chi connectivity index (χ2v) is 6.18. The van der Waals surface area contributed by atoms with Gasteiger partial charge in [0.05, 0.1) is 13.7 Å². The Morgan fingerprint density at radius 2 is 2.00 bits per heavy atom. The highest BCUT2D eigenvalue weighted by atomic mass is 16.5. The second kappa shape index (κ2) is 8.18. The SMILES string of the molecule is COc1cccc(C(=O)N2CCCN(Cc3ccc(CO)o3)CC2)c1. The highest BCUT2D eigenvalue weighted by molar-refractivity contribution is 5.94. The normalized spacial score (nSPS) is 15.8. The van der Waals surface area contributed by atoms with Gasteiger partial charge in [-0.05, 0) is 36.8 Å². The Kier molecular flexibility index (Phi) is 5.73. The molecule has 1 aliphatic rings. The van der Waals surface area contributed by atoms with Crippen LogP contribution in [0.15, 0.2) is 40.8 Å². The fourth-order valence-electron chi connectivity index (χ4n) is 3.08. The Labute approximate surface area is 147 Å². The smallest absolute Gasteiger partial charge is 0.254 e. The van der Waals surface area contributed by atoms with Crippen molar-refractivity contribution in [3.8, 4) is 5.75 Å². The third-order valence-electron chi connectivity index (χ3n) is 4.45. The minimum Gasteiger partial charge on any atom is -0.497 e. The number of carbonyl (C=O) groups excluding carboxylic acids is 1. The number of methoxy groups -OCH3 is 1. The van der Waals surface area contributed by atoms with Gasteiger partial charge in [0.15, 0.2) is 0 Å². The van der Waals surface area contributed by atoms with E-state index in [9.17, 15) is 4.79 Å². The van der Waals surface area contributed by atoms with E-state index < -0.39 is 0 Å². The van der Waals surface area contributed by atoms with Crippen molar-refractivity contribution in [3.63, 3.8) is 0 Å². The van der Waals surface area contributed by atoms with Crippen LogP contribution >= 0.6 is 0 Å². The Hall–Kier alpha value is -2.31. The third kappa shape index (κ3) is 4.41. The van der Waals surface area contributed by atoms with Gasteiger partial charge < -0.3 is 19.2 Å². The maximum absolute atomic E-state index is 12.7. The molecule has 2 aromatic rings. The van der Waals surface area contributed by atoms with Crippen LogP contribution in [0.4, 0.5) is 0 Å². The molecule has 0 atom stereocenters. The lowest BCUT2D eigenvalue weighted by Gasteiger charge is -2.21. The Morgan fingerprint density at radius 1 is 1.16 bits per heavy atom. The van der Waals surface area contributed by atoms with Crippen LogP contribution in [0.3, 0.4) is 0 Å². The lowest BCUT2D eigenvalue weighted by atomic mass is 10.2. The van der Waals surface area contributed by atoms with Gasteiger partial charge in [-0.3, -0.25) is 9.69 Å². The summed E-state index contributed by atoms with van der Waals surface area (Å²) in [5.41, 5.74) is 0.659. The van der Waals surface area contributed by atoms with E-state index in [1.54, 1.807) is 19.2 Å². The maximum Gasteiger partial charge on any atom is 0.254 e. The van der Waals surface area contributed by atoms with E-state index in [0.29, 0.717) is 30.2 Å². The van der Waals surface area contributed by atoms with E-state index in [1.165, 1.54) is 0 Å². The lowest BCUT2D eigenvalue weighted by molar-refractivity contribution is 0.0760. The van der Waals surface area contributed by atoms with Crippen LogP contribution in [0.1, 0.15) is 28.3 Å². The molecule has 0 aliphatic carbocycles. The van der Waals surface area contributed by atoms with Gasteiger partial charge in [0.1, 0.15) is 23.9 Å². The molecule has 6 nitrogen and oxygen atoms in total. The quantitative estimate of drug-likeness (QED) is 0.900. The topological polar surface area (TPSA) is 66.2 Å². The number of carbonyl (C=O) groups is 1. The Morgan fingerprint density at radius 3 is 2.76 bits per heavy atom. The first-order chi connectivity index (χ1) is 12.2. The number of ether oxygens (including phenoxy) is 1. The molecule has 6 heteroatoms. The minimum absolute atomic E-state index is 0.0429. The van der Waals surface area contributed by atoms with Crippen LogP contribution in [0.5, 0.6) is 5.75 Å². The van der Waals surface area contributed by atoms with Gasteiger partial charge in [-0.15, -0.1) is 0 Å². The van der Waals surface area contributed by atoms with Crippen molar-refractivity contribution in [1.29, 1.82) is 0 Å². The summed E-state index contributed by atoms with van der Waals surface area (Å²) < 4.78 is 10.8. The molecule has 0 saturated carbocycles. The summed E-state index contributed by atoms with van der Waals surface area (Å²) in [6, 6.07) is 11.0. The summed E-state index contributed by atoms with van der Waals surface area (Å²) >= 11 is 0. The predicted octanol–water partition coefficient (Wildman–Crippen LogP) is 2.13. The van der Waals surface area contributed by atoms with Crippen molar-refractivity contribution in [3.05, 3.63) is 53.5 Å². The maximum atomic E-state index is 12.7. The van der Waals surface area contributed by atoms with E-state index in [-0.39, 0.29) is 12.5 Å². The average Bonchev–Trinajstić information content (AvgIpc) is 2.98. The molecule has 1 N–H and O–H groups in total. The zero-order valence-corrected chi connectivity index (χ0v) is 14.5. The molecule has 25 heavy (non-hydrogen) atoms. The molecule has 0 bridgehead atoms. The molecule has 0 radical (unpaired) electrons. The van der Waals surface area contributed by atoms with Crippen molar-refractivity contribution in [2.75, 3.05) is 33.3 Å². The largest absolute Gasteiger partial charge is 0.497 e. The second-order valence-electron chi connectivity index (χ2n) is 6.18. The summed E-state index contributed by atoms with van der Waals surface area (Å²) in [5, 5.41) is 9.08. The molecular formula is C19H24N2O4. The fraction of sp³-hybridized carbons (Fsp3) is 0.421. The van der Waals surface area contributed by atoms with E-state index in [0.717, 1.165) is 31.8 Å². The number of aliphatic hydroxyl groups excluding tert-OH is 1. The first-order valence-electron chi connectivity index (χ1n) is 8.53. The molecule has 1 aliphatic heterocycles. The summed E-state index contributed by atoms with van der Waals surface area (Å²) in [4.78, 5) is 16.9. The van der Waals surface area contributed by atoms with Crippen LogP contribution in [0.25, 0.3) is 0 Å². The van der Waals surface area contributed by atoms with Gasteiger partial charge >= 0.3 is 0 Å². The van der Waals surface area contributed by atoms with Crippen LogP contribution in [0, 0.1) is 0 Å². The van der Waals surface area contributed by atoms with Gasteiger partial charge in [-0.1, -0.05) is 6.07 Å². The monoisotopic (exact) mass is 344 g/mol. The minimum atomic E-state index is -0.0805. The standard InChI is InChI=1S/C19H24N2O4/c1-24-16-5-2-4-15(12-16)19(23)21-9-3-8-20(10-11-21)13-17-6-7-18(14-22)25-17/h2,4-7,12,22H,3,8-11,13-14H2,1H3. The van der Waals surface area contributed by atoms with Crippen molar-refractivity contribution < 1.29 is 19.1 Å². The number of benzene rings is 1. The van der Waals surface area contributed by atoms with Gasteiger partial charge in [-0.2, -0.15) is 0 Å². The van der Waals surface area contributed by atoms with Gasteiger partial charge in [0.2, 0.25) is 0 Å².